The number of rotatable bonds is 12. The number of aromatic nitrogens is 1. The number of benzene rings is 1. The summed E-state index contributed by atoms with van der Waals surface area (Å²) in [5.41, 5.74) is 1.80. The Labute approximate surface area is 203 Å². The van der Waals surface area contributed by atoms with Crippen molar-refractivity contribution in [1.29, 1.82) is 0 Å². The van der Waals surface area contributed by atoms with E-state index in [2.05, 4.69) is 34.6 Å². The fourth-order valence-electron chi connectivity index (χ4n) is 3.20. The van der Waals surface area contributed by atoms with E-state index in [1.54, 1.807) is 0 Å². The molecule has 9 heteroatoms. The Morgan fingerprint density at radius 3 is 2.48 bits per heavy atom. The summed E-state index contributed by atoms with van der Waals surface area (Å²) in [6.45, 7) is 7.90. The second-order valence-electron chi connectivity index (χ2n) is 7.28. The highest BCUT2D eigenvalue weighted by atomic mass is 127. The van der Waals surface area contributed by atoms with Gasteiger partial charge >= 0.3 is 0 Å². The van der Waals surface area contributed by atoms with Crippen molar-refractivity contribution in [1.82, 2.24) is 15.8 Å². The highest BCUT2D eigenvalue weighted by Crippen LogP contribution is 2.22. The van der Waals surface area contributed by atoms with Gasteiger partial charge in [-0.3, -0.25) is 0 Å². The second-order valence-corrected chi connectivity index (χ2v) is 9.47. The number of hydrogen-bond donors (Lipinski definition) is 2. The van der Waals surface area contributed by atoms with Crippen LogP contribution in [0.1, 0.15) is 63.0 Å². The normalized spacial score (nSPS) is 11.9. The highest BCUT2D eigenvalue weighted by molar-refractivity contribution is 14.0. The zero-order valence-corrected chi connectivity index (χ0v) is 21.8. The monoisotopic (exact) mass is 562 g/mol. The summed E-state index contributed by atoms with van der Waals surface area (Å²) in [5.74, 6) is 1.98. The first kappa shape index (κ1) is 27.4. The Balaban J connectivity index is 0.00000480. The topological polar surface area (TPSA) is 96.6 Å². The first-order valence-electron chi connectivity index (χ1n) is 10.7. The molecule has 0 saturated heterocycles. The van der Waals surface area contributed by atoms with Gasteiger partial charge in [0.1, 0.15) is 6.54 Å². The maximum Gasteiger partial charge on any atom is 0.191 e. The molecule has 1 aromatic heterocycles. The summed E-state index contributed by atoms with van der Waals surface area (Å²) in [7, 11) is -3.13. The fourth-order valence-corrected chi connectivity index (χ4v) is 4.63. The van der Waals surface area contributed by atoms with Crippen LogP contribution in [-0.2, 0) is 22.1 Å². The number of nitrogens with one attached hydrogen (secondary N) is 2. The molecule has 0 atom stereocenters. The molecule has 2 N–H and O–H groups in total. The number of sulfone groups is 1. The van der Waals surface area contributed by atoms with Crippen LogP contribution in [0.3, 0.4) is 0 Å². The molecule has 2 aromatic rings. The van der Waals surface area contributed by atoms with Gasteiger partial charge in [-0.05, 0) is 31.7 Å². The molecule has 174 valence electrons. The van der Waals surface area contributed by atoms with E-state index in [1.807, 2.05) is 43.3 Å². The van der Waals surface area contributed by atoms with Crippen molar-refractivity contribution in [2.75, 3.05) is 18.8 Å². The SMILES string of the molecule is CCNC(=NCc1cc(C(CC)CC)no1)NCCCS(=O)(=O)Cc1ccccc1.I. The standard InChI is InChI=1S/C22H34N4O3S.HI/c1-4-19(5-2)21-15-20(29-26-21)16-25-22(23-6-3)24-13-10-14-30(27,28)17-18-11-8-7-9-12-18;/h7-9,11-12,15,19H,4-6,10,13-14,16-17H2,1-3H3,(H2,23,24,25);1H. The molecule has 0 spiro atoms. The predicted molar refractivity (Wildman–Crippen MR) is 137 cm³/mol. The Morgan fingerprint density at radius 1 is 1.13 bits per heavy atom. The second kappa shape index (κ2) is 14.4. The minimum atomic E-state index is -3.13. The van der Waals surface area contributed by atoms with Gasteiger partial charge in [-0.25, -0.2) is 13.4 Å². The molecule has 1 heterocycles. The van der Waals surface area contributed by atoms with Crippen LogP contribution in [0.5, 0.6) is 0 Å². The van der Waals surface area contributed by atoms with Gasteiger partial charge in [-0.1, -0.05) is 49.3 Å². The molecule has 0 aliphatic heterocycles. The number of halogens is 1. The van der Waals surface area contributed by atoms with Crippen LogP contribution < -0.4 is 10.6 Å². The average molecular weight is 563 g/mol. The predicted octanol–water partition coefficient (Wildman–Crippen LogP) is 4.26. The molecule has 0 saturated carbocycles. The molecular weight excluding hydrogens is 527 g/mol. The van der Waals surface area contributed by atoms with Crippen LogP contribution in [0.15, 0.2) is 45.9 Å². The Morgan fingerprint density at radius 2 is 1.84 bits per heavy atom. The minimum Gasteiger partial charge on any atom is -0.359 e. The number of guanidine groups is 1. The molecule has 1 aromatic carbocycles. The minimum absolute atomic E-state index is 0. The van der Waals surface area contributed by atoms with E-state index in [9.17, 15) is 8.42 Å². The summed E-state index contributed by atoms with van der Waals surface area (Å²) >= 11 is 0. The Hall–Kier alpha value is -1.62. The van der Waals surface area contributed by atoms with Crippen molar-refractivity contribution in [3.63, 3.8) is 0 Å². The number of nitrogens with zero attached hydrogens (tertiary/aromatic N) is 2. The highest BCUT2D eigenvalue weighted by Gasteiger charge is 2.13. The first-order valence-corrected chi connectivity index (χ1v) is 12.5. The van der Waals surface area contributed by atoms with Crippen molar-refractivity contribution in [3.8, 4) is 0 Å². The average Bonchev–Trinajstić information content (AvgIpc) is 3.19. The third-order valence-corrected chi connectivity index (χ3v) is 6.56. The van der Waals surface area contributed by atoms with E-state index in [-0.39, 0.29) is 35.5 Å². The van der Waals surface area contributed by atoms with Crippen LogP contribution in [0, 0.1) is 0 Å². The molecule has 31 heavy (non-hydrogen) atoms. The zero-order valence-electron chi connectivity index (χ0n) is 18.6. The van der Waals surface area contributed by atoms with Crippen LogP contribution in [0.4, 0.5) is 0 Å². The van der Waals surface area contributed by atoms with Crippen molar-refractivity contribution in [3.05, 3.63) is 53.4 Å². The lowest BCUT2D eigenvalue weighted by atomic mass is 9.99. The number of hydrogen-bond acceptors (Lipinski definition) is 5. The van der Waals surface area contributed by atoms with Gasteiger partial charge in [0.15, 0.2) is 21.6 Å². The van der Waals surface area contributed by atoms with Crippen molar-refractivity contribution < 1.29 is 12.9 Å². The van der Waals surface area contributed by atoms with Gasteiger partial charge in [-0.2, -0.15) is 0 Å². The van der Waals surface area contributed by atoms with Crippen LogP contribution in [-0.4, -0.2) is 38.4 Å². The lowest BCUT2D eigenvalue weighted by Crippen LogP contribution is -2.38. The van der Waals surface area contributed by atoms with Gasteiger partial charge in [0.05, 0.1) is 17.2 Å². The molecule has 0 radical (unpaired) electrons. The molecule has 0 aliphatic carbocycles. The van der Waals surface area contributed by atoms with E-state index < -0.39 is 9.84 Å². The lowest BCUT2D eigenvalue weighted by molar-refractivity contribution is 0.372. The maximum atomic E-state index is 12.3. The van der Waals surface area contributed by atoms with Gasteiger partial charge in [0, 0.05) is 25.1 Å². The smallest absolute Gasteiger partial charge is 0.191 e. The van der Waals surface area contributed by atoms with E-state index in [4.69, 9.17) is 4.52 Å². The Kier molecular flexibility index (Phi) is 12.8. The summed E-state index contributed by atoms with van der Waals surface area (Å²) in [5, 5.41) is 10.5. The van der Waals surface area contributed by atoms with Gasteiger partial charge in [0.2, 0.25) is 0 Å². The van der Waals surface area contributed by atoms with Crippen molar-refractivity contribution in [2.24, 2.45) is 4.99 Å². The molecule has 7 nitrogen and oxygen atoms in total. The molecule has 0 amide bonds. The van der Waals surface area contributed by atoms with Crippen LogP contribution >= 0.6 is 24.0 Å². The van der Waals surface area contributed by atoms with Gasteiger partial charge < -0.3 is 15.2 Å². The summed E-state index contributed by atoms with van der Waals surface area (Å²) in [4.78, 5) is 4.52. The lowest BCUT2D eigenvalue weighted by Gasteiger charge is -2.11. The first-order chi connectivity index (χ1) is 14.5. The van der Waals surface area contributed by atoms with Crippen LogP contribution in [0.25, 0.3) is 0 Å². The third kappa shape index (κ3) is 10.0. The third-order valence-electron chi connectivity index (χ3n) is 4.87. The van der Waals surface area contributed by atoms with E-state index in [0.29, 0.717) is 37.9 Å². The molecular formula is C22H35IN4O3S. The molecule has 0 aliphatic rings. The maximum absolute atomic E-state index is 12.3. The van der Waals surface area contributed by atoms with Crippen molar-refractivity contribution in [2.45, 2.75) is 58.2 Å². The summed E-state index contributed by atoms with van der Waals surface area (Å²) in [6.07, 6.45) is 2.58. The summed E-state index contributed by atoms with van der Waals surface area (Å²) < 4.78 is 30.0. The summed E-state index contributed by atoms with van der Waals surface area (Å²) in [6, 6.07) is 11.2. The van der Waals surface area contributed by atoms with E-state index in [0.717, 1.165) is 29.9 Å². The molecule has 0 unspecified atom stereocenters. The molecule has 2 rings (SSSR count). The molecule has 0 bridgehead atoms. The zero-order chi connectivity index (χ0) is 21.8. The molecule has 0 fully saturated rings. The van der Waals surface area contributed by atoms with E-state index in [1.165, 1.54) is 0 Å². The number of aliphatic imine (C=N–C) groups is 1. The fraction of sp³-hybridized carbons (Fsp3) is 0.545. The van der Waals surface area contributed by atoms with E-state index >= 15 is 0 Å². The van der Waals surface area contributed by atoms with Gasteiger partial charge in [0.25, 0.3) is 0 Å². The van der Waals surface area contributed by atoms with Crippen LogP contribution in [0.2, 0.25) is 0 Å². The van der Waals surface area contributed by atoms with Gasteiger partial charge in [-0.15, -0.1) is 24.0 Å². The van der Waals surface area contributed by atoms with Crippen molar-refractivity contribution >= 4 is 39.8 Å². The quantitative estimate of drug-likeness (QED) is 0.174. The largest absolute Gasteiger partial charge is 0.359 e. The Bertz CT molecular complexity index is 881.